The molecule has 3 aromatic carbocycles. The molecule has 1 heterocycles. The van der Waals surface area contributed by atoms with Crippen molar-refractivity contribution in [1.82, 2.24) is 4.57 Å². The lowest BCUT2D eigenvalue weighted by Gasteiger charge is -2.11. The molecule has 1 aromatic heterocycles. The minimum atomic E-state index is -0.0873. The number of ether oxygens (including phenoxy) is 1. The molecule has 5 nitrogen and oxygen atoms in total. The molecule has 0 spiro atoms. The van der Waals surface area contributed by atoms with E-state index in [0.717, 1.165) is 27.6 Å². The highest BCUT2D eigenvalue weighted by molar-refractivity contribution is 5.95. The van der Waals surface area contributed by atoms with E-state index in [4.69, 9.17) is 4.74 Å². The first kappa shape index (κ1) is 17.1. The van der Waals surface area contributed by atoms with Gasteiger partial charge in [-0.15, -0.1) is 4.91 Å². The average molecular weight is 360 g/mol. The van der Waals surface area contributed by atoms with Crippen LogP contribution in [0, 0.1) is 11.8 Å². The van der Waals surface area contributed by atoms with E-state index in [0.29, 0.717) is 25.0 Å². The number of hydrogen-bond donors (Lipinski definition) is 1. The first-order chi connectivity index (χ1) is 13.2. The fourth-order valence-corrected chi connectivity index (χ4v) is 3.48. The number of hydrogen-bond acceptors (Lipinski definition) is 4. The van der Waals surface area contributed by atoms with Crippen molar-refractivity contribution in [2.45, 2.75) is 19.9 Å². The van der Waals surface area contributed by atoms with E-state index >= 15 is 0 Å². The Morgan fingerprint density at radius 3 is 2.70 bits per heavy atom. The van der Waals surface area contributed by atoms with Crippen molar-refractivity contribution in [2.24, 2.45) is 5.18 Å². The topological polar surface area (TPSA) is 63.8 Å². The molecule has 27 heavy (non-hydrogen) atoms. The maximum atomic E-state index is 11.2. The Hall–Kier alpha value is -3.34. The standard InChI is InChI=1S/C22H20N2O3/c1-15-10-11-19-18(14-15)21(23-26)22(25)24(19)12-5-13-27-20-9-4-7-16-6-2-3-8-17(16)20/h2-4,6-11,14,25H,5,12-13H2,1H3. The van der Waals surface area contributed by atoms with Gasteiger partial charge in [0.05, 0.1) is 12.1 Å². The van der Waals surface area contributed by atoms with E-state index in [-0.39, 0.29) is 11.6 Å². The molecule has 0 aliphatic heterocycles. The van der Waals surface area contributed by atoms with Gasteiger partial charge in [-0.1, -0.05) is 48.0 Å². The second kappa shape index (κ2) is 7.11. The number of fused-ring (bicyclic) bond motifs is 2. The molecule has 4 rings (SSSR count). The number of aromatic nitrogens is 1. The van der Waals surface area contributed by atoms with Crippen molar-refractivity contribution in [2.75, 3.05) is 6.61 Å². The summed E-state index contributed by atoms with van der Waals surface area (Å²) in [6, 6.07) is 19.8. The predicted octanol–water partition coefficient (Wildman–Crippen LogP) is 5.68. The molecule has 0 fully saturated rings. The van der Waals surface area contributed by atoms with Crippen LogP contribution in [0.15, 0.2) is 65.8 Å². The summed E-state index contributed by atoms with van der Waals surface area (Å²) in [4.78, 5) is 11.2. The second-order valence-corrected chi connectivity index (χ2v) is 6.62. The van der Waals surface area contributed by atoms with Gasteiger partial charge in [0.2, 0.25) is 5.88 Å². The van der Waals surface area contributed by atoms with Crippen LogP contribution in [0.3, 0.4) is 0 Å². The highest BCUT2D eigenvalue weighted by Gasteiger charge is 2.17. The monoisotopic (exact) mass is 360 g/mol. The smallest absolute Gasteiger partial charge is 0.222 e. The first-order valence-electron chi connectivity index (χ1n) is 8.95. The molecule has 0 unspecified atom stereocenters. The molecule has 0 radical (unpaired) electrons. The summed E-state index contributed by atoms with van der Waals surface area (Å²) in [5.41, 5.74) is 1.92. The number of rotatable bonds is 6. The SMILES string of the molecule is Cc1ccc2c(c1)c(N=O)c(O)n2CCCOc1cccc2ccccc12. The summed E-state index contributed by atoms with van der Waals surface area (Å²) in [6.07, 6.45) is 0.687. The van der Waals surface area contributed by atoms with Crippen LogP contribution in [0.25, 0.3) is 21.7 Å². The van der Waals surface area contributed by atoms with Crippen LogP contribution < -0.4 is 4.74 Å². The van der Waals surface area contributed by atoms with Crippen LogP contribution in [0.4, 0.5) is 5.69 Å². The normalized spacial score (nSPS) is 11.1. The van der Waals surface area contributed by atoms with Crippen molar-refractivity contribution in [3.8, 4) is 11.6 Å². The van der Waals surface area contributed by atoms with Crippen molar-refractivity contribution < 1.29 is 9.84 Å². The van der Waals surface area contributed by atoms with Crippen LogP contribution in [-0.2, 0) is 6.54 Å². The van der Waals surface area contributed by atoms with Crippen LogP contribution in [0.1, 0.15) is 12.0 Å². The number of nitrogens with zero attached hydrogens (tertiary/aromatic N) is 2. The molecule has 136 valence electrons. The van der Waals surface area contributed by atoms with Gasteiger partial charge in [-0.2, -0.15) is 0 Å². The summed E-state index contributed by atoms with van der Waals surface area (Å²) in [7, 11) is 0. The summed E-state index contributed by atoms with van der Waals surface area (Å²) in [5.74, 6) is 0.760. The van der Waals surface area contributed by atoms with Gasteiger partial charge in [-0.3, -0.25) is 0 Å². The second-order valence-electron chi connectivity index (χ2n) is 6.62. The summed E-state index contributed by atoms with van der Waals surface area (Å²) in [6.45, 7) is 2.98. The molecule has 0 amide bonds. The number of aryl methyl sites for hydroxylation is 2. The average Bonchev–Trinajstić information content (AvgIpc) is 2.95. The molecule has 0 saturated heterocycles. The number of benzene rings is 3. The summed E-state index contributed by atoms with van der Waals surface area (Å²) in [5, 5.41) is 16.3. The lowest BCUT2D eigenvalue weighted by atomic mass is 10.1. The Labute approximate surface area is 156 Å². The minimum Gasteiger partial charge on any atom is -0.493 e. The number of nitroso groups, excluding NO2 is 1. The molecule has 4 aromatic rings. The van der Waals surface area contributed by atoms with Gasteiger partial charge in [0.1, 0.15) is 5.75 Å². The Morgan fingerprint density at radius 2 is 1.85 bits per heavy atom. The van der Waals surface area contributed by atoms with E-state index in [1.165, 1.54) is 0 Å². The highest BCUT2D eigenvalue weighted by atomic mass is 16.5. The maximum absolute atomic E-state index is 11.2. The van der Waals surface area contributed by atoms with Gasteiger partial charge < -0.3 is 14.4 Å². The largest absolute Gasteiger partial charge is 0.493 e. The van der Waals surface area contributed by atoms with Gasteiger partial charge >= 0.3 is 0 Å². The first-order valence-corrected chi connectivity index (χ1v) is 8.95. The molecular formula is C22H20N2O3. The lowest BCUT2D eigenvalue weighted by Crippen LogP contribution is -2.04. The van der Waals surface area contributed by atoms with Crippen molar-refractivity contribution in [3.63, 3.8) is 0 Å². The molecule has 0 bridgehead atoms. The molecule has 5 heteroatoms. The minimum absolute atomic E-state index is 0.0873. The zero-order chi connectivity index (χ0) is 18.8. The summed E-state index contributed by atoms with van der Waals surface area (Å²) < 4.78 is 7.69. The fourth-order valence-electron chi connectivity index (χ4n) is 3.48. The van der Waals surface area contributed by atoms with E-state index < -0.39 is 0 Å². The molecule has 0 saturated carbocycles. The van der Waals surface area contributed by atoms with E-state index in [1.807, 2.05) is 55.5 Å². The Balaban J connectivity index is 1.51. The summed E-state index contributed by atoms with van der Waals surface area (Å²) >= 11 is 0. The van der Waals surface area contributed by atoms with Crippen LogP contribution >= 0.6 is 0 Å². The Bertz CT molecular complexity index is 1130. The van der Waals surface area contributed by atoms with Crippen molar-refractivity contribution >= 4 is 27.4 Å². The van der Waals surface area contributed by atoms with Gasteiger partial charge in [0, 0.05) is 17.3 Å². The Morgan fingerprint density at radius 1 is 1.04 bits per heavy atom. The third kappa shape index (κ3) is 3.12. The zero-order valence-corrected chi connectivity index (χ0v) is 15.1. The fraction of sp³-hybridized carbons (Fsp3) is 0.182. The molecule has 1 N–H and O–H groups in total. The van der Waals surface area contributed by atoms with Gasteiger partial charge in [0.25, 0.3) is 0 Å². The van der Waals surface area contributed by atoms with Crippen LogP contribution in [0.2, 0.25) is 0 Å². The third-order valence-electron chi connectivity index (χ3n) is 4.79. The zero-order valence-electron chi connectivity index (χ0n) is 15.1. The Kier molecular flexibility index (Phi) is 4.50. The van der Waals surface area contributed by atoms with Gasteiger partial charge in [-0.05, 0) is 42.1 Å². The molecule has 0 aliphatic carbocycles. The van der Waals surface area contributed by atoms with E-state index in [9.17, 15) is 10.0 Å². The van der Waals surface area contributed by atoms with Crippen LogP contribution in [0.5, 0.6) is 11.6 Å². The van der Waals surface area contributed by atoms with Gasteiger partial charge in [-0.25, -0.2) is 0 Å². The van der Waals surface area contributed by atoms with Gasteiger partial charge in [0.15, 0.2) is 5.69 Å². The lowest BCUT2D eigenvalue weighted by molar-refractivity contribution is 0.301. The highest BCUT2D eigenvalue weighted by Crippen LogP contribution is 2.39. The maximum Gasteiger partial charge on any atom is 0.222 e. The molecule has 0 aliphatic rings. The quantitative estimate of drug-likeness (QED) is 0.356. The number of aromatic hydroxyl groups is 1. The van der Waals surface area contributed by atoms with Crippen molar-refractivity contribution in [3.05, 3.63) is 71.1 Å². The van der Waals surface area contributed by atoms with E-state index in [1.54, 1.807) is 4.57 Å². The molecule has 0 atom stereocenters. The van der Waals surface area contributed by atoms with Crippen molar-refractivity contribution in [1.29, 1.82) is 0 Å². The predicted molar refractivity (Wildman–Crippen MR) is 108 cm³/mol. The van der Waals surface area contributed by atoms with E-state index in [2.05, 4.69) is 17.3 Å². The molecular weight excluding hydrogens is 340 g/mol. The third-order valence-corrected chi connectivity index (χ3v) is 4.79. The van der Waals surface area contributed by atoms with Crippen LogP contribution in [-0.4, -0.2) is 16.3 Å².